The summed E-state index contributed by atoms with van der Waals surface area (Å²) in [5, 5.41) is 0. The average Bonchev–Trinajstić information content (AvgIpc) is 3.19. The van der Waals surface area contributed by atoms with Gasteiger partial charge in [0.2, 0.25) is 11.7 Å². The molecule has 0 saturated carbocycles. The lowest BCUT2D eigenvalue weighted by Gasteiger charge is -2.16. The lowest BCUT2D eigenvalue weighted by Crippen LogP contribution is -2.31. The number of carbonyl (C=O) groups excluding carboxylic acids is 2. The van der Waals surface area contributed by atoms with Crippen molar-refractivity contribution in [2.75, 3.05) is 13.1 Å². The smallest absolute Gasteiger partial charge is 0.242 e. The van der Waals surface area contributed by atoms with Crippen molar-refractivity contribution >= 4 is 11.7 Å². The van der Waals surface area contributed by atoms with E-state index < -0.39 is 0 Å². The van der Waals surface area contributed by atoms with Gasteiger partial charge in [-0.1, -0.05) is 30.3 Å². The molecule has 0 aliphatic carbocycles. The molecule has 2 aromatic rings. The Morgan fingerprint density at radius 3 is 2.38 bits per heavy atom. The van der Waals surface area contributed by atoms with Crippen molar-refractivity contribution in [1.82, 2.24) is 9.47 Å². The number of hydrogen-bond acceptors (Lipinski definition) is 2. The van der Waals surface area contributed by atoms with Crippen LogP contribution >= 0.6 is 0 Å². The summed E-state index contributed by atoms with van der Waals surface area (Å²) in [6.07, 6.45) is 3.95. The van der Waals surface area contributed by atoms with Gasteiger partial charge in [0, 0.05) is 24.8 Å². The molecule has 2 heterocycles. The Kier molecular flexibility index (Phi) is 3.86. The molecular formula is C17H18N2O2. The van der Waals surface area contributed by atoms with Crippen molar-refractivity contribution in [3.63, 3.8) is 0 Å². The first-order chi connectivity index (χ1) is 10.3. The van der Waals surface area contributed by atoms with E-state index in [0.717, 1.165) is 25.9 Å². The fourth-order valence-corrected chi connectivity index (χ4v) is 2.71. The minimum atomic E-state index is -0.0465. The first-order valence-corrected chi connectivity index (χ1v) is 7.28. The summed E-state index contributed by atoms with van der Waals surface area (Å²) in [7, 11) is 0. The highest BCUT2D eigenvalue weighted by atomic mass is 16.2. The number of benzene rings is 1. The predicted octanol–water partition coefficient (Wildman–Crippen LogP) is 2.34. The molecule has 3 rings (SSSR count). The summed E-state index contributed by atoms with van der Waals surface area (Å²) in [6, 6.07) is 12.7. The van der Waals surface area contributed by atoms with E-state index in [2.05, 4.69) is 0 Å². The van der Waals surface area contributed by atoms with Crippen molar-refractivity contribution < 1.29 is 9.59 Å². The summed E-state index contributed by atoms with van der Waals surface area (Å²) in [5.74, 6) is 0.0423. The summed E-state index contributed by atoms with van der Waals surface area (Å²) in [5.41, 5.74) is 1.21. The van der Waals surface area contributed by atoms with Crippen molar-refractivity contribution in [3.8, 4) is 0 Å². The molecule has 1 aromatic heterocycles. The summed E-state index contributed by atoms with van der Waals surface area (Å²) >= 11 is 0. The Balaban J connectivity index is 1.77. The molecule has 1 aliphatic heterocycles. The third-order valence-corrected chi connectivity index (χ3v) is 3.86. The Labute approximate surface area is 124 Å². The van der Waals surface area contributed by atoms with E-state index in [1.54, 1.807) is 29.0 Å². The molecule has 1 aromatic carbocycles. The van der Waals surface area contributed by atoms with Crippen LogP contribution in [0.25, 0.3) is 0 Å². The molecule has 1 amide bonds. The maximum absolute atomic E-state index is 12.5. The number of ketones is 1. The number of rotatable bonds is 4. The number of nitrogens with zero attached hydrogens (tertiary/aromatic N) is 2. The molecular weight excluding hydrogens is 264 g/mol. The van der Waals surface area contributed by atoms with E-state index in [4.69, 9.17) is 0 Å². The number of hydrogen-bond donors (Lipinski definition) is 0. The van der Waals surface area contributed by atoms with Crippen LogP contribution in [-0.2, 0) is 11.3 Å². The molecule has 0 unspecified atom stereocenters. The van der Waals surface area contributed by atoms with Gasteiger partial charge >= 0.3 is 0 Å². The molecule has 21 heavy (non-hydrogen) atoms. The quantitative estimate of drug-likeness (QED) is 0.808. The summed E-state index contributed by atoms with van der Waals surface area (Å²) in [6.45, 7) is 1.91. The van der Waals surface area contributed by atoms with E-state index in [1.165, 1.54) is 0 Å². The number of aromatic nitrogens is 1. The molecule has 1 saturated heterocycles. The van der Waals surface area contributed by atoms with E-state index >= 15 is 0 Å². The third-order valence-electron chi connectivity index (χ3n) is 3.86. The van der Waals surface area contributed by atoms with Gasteiger partial charge in [-0.25, -0.2) is 0 Å². The zero-order chi connectivity index (χ0) is 14.7. The standard InChI is InChI=1S/C17H18N2O2/c20-16(18-10-4-5-11-18)13-19-12-6-9-15(19)17(21)14-7-2-1-3-8-14/h1-3,6-9,12H,4-5,10-11,13H2. The zero-order valence-corrected chi connectivity index (χ0v) is 11.9. The average molecular weight is 282 g/mol. The normalized spacial score (nSPS) is 14.4. The predicted molar refractivity (Wildman–Crippen MR) is 80.1 cm³/mol. The minimum absolute atomic E-state index is 0.0465. The molecule has 1 aliphatic rings. The Bertz CT molecular complexity index is 640. The van der Waals surface area contributed by atoms with Crippen LogP contribution in [0.2, 0.25) is 0 Å². The highest BCUT2D eigenvalue weighted by Gasteiger charge is 2.20. The van der Waals surface area contributed by atoms with E-state index in [9.17, 15) is 9.59 Å². The Morgan fingerprint density at radius 1 is 0.952 bits per heavy atom. The number of amides is 1. The van der Waals surface area contributed by atoms with E-state index in [-0.39, 0.29) is 18.2 Å². The molecule has 1 fully saturated rings. The maximum atomic E-state index is 12.5. The fraction of sp³-hybridized carbons (Fsp3) is 0.294. The van der Waals surface area contributed by atoms with Gasteiger partial charge in [0.25, 0.3) is 0 Å². The molecule has 0 bridgehead atoms. The number of likely N-dealkylation sites (tertiary alicyclic amines) is 1. The van der Waals surface area contributed by atoms with Gasteiger partial charge in [0.05, 0.1) is 5.69 Å². The lowest BCUT2D eigenvalue weighted by atomic mass is 10.1. The highest BCUT2D eigenvalue weighted by molar-refractivity contribution is 6.08. The monoisotopic (exact) mass is 282 g/mol. The topological polar surface area (TPSA) is 42.3 Å². The second-order valence-corrected chi connectivity index (χ2v) is 5.30. The van der Waals surface area contributed by atoms with Crippen molar-refractivity contribution in [2.24, 2.45) is 0 Å². The molecule has 0 radical (unpaired) electrons. The lowest BCUT2D eigenvalue weighted by molar-refractivity contribution is -0.130. The van der Waals surface area contributed by atoms with E-state index in [0.29, 0.717) is 11.3 Å². The summed E-state index contributed by atoms with van der Waals surface area (Å²) in [4.78, 5) is 26.6. The molecule has 0 atom stereocenters. The molecule has 0 spiro atoms. The summed E-state index contributed by atoms with van der Waals surface area (Å²) < 4.78 is 1.75. The second-order valence-electron chi connectivity index (χ2n) is 5.30. The van der Waals surface area contributed by atoms with Gasteiger partial charge in [-0.15, -0.1) is 0 Å². The van der Waals surface area contributed by atoms with Gasteiger partial charge in [0.1, 0.15) is 6.54 Å². The third kappa shape index (κ3) is 2.89. The Hall–Kier alpha value is -2.36. The van der Waals surface area contributed by atoms with Crippen LogP contribution < -0.4 is 0 Å². The molecule has 108 valence electrons. The van der Waals surface area contributed by atoms with Gasteiger partial charge in [-0.2, -0.15) is 0 Å². The molecule has 0 N–H and O–H groups in total. The van der Waals surface area contributed by atoms with Crippen LogP contribution in [-0.4, -0.2) is 34.2 Å². The maximum Gasteiger partial charge on any atom is 0.242 e. The largest absolute Gasteiger partial charge is 0.341 e. The van der Waals surface area contributed by atoms with Crippen LogP contribution in [0.3, 0.4) is 0 Å². The van der Waals surface area contributed by atoms with E-state index in [1.807, 2.05) is 29.2 Å². The zero-order valence-electron chi connectivity index (χ0n) is 11.9. The van der Waals surface area contributed by atoms with Crippen LogP contribution in [0.1, 0.15) is 28.9 Å². The van der Waals surface area contributed by atoms with Gasteiger partial charge in [0.15, 0.2) is 0 Å². The molecule has 4 nitrogen and oxygen atoms in total. The number of carbonyl (C=O) groups is 2. The van der Waals surface area contributed by atoms with Crippen molar-refractivity contribution in [3.05, 3.63) is 59.9 Å². The van der Waals surface area contributed by atoms with Crippen LogP contribution in [0.15, 0.2) is 48.7 Å². The SMILES string of the molecule is O=C(c1ccccc1)c1cccn1CC(=O)N1CCCC1. The Morgan fingerprint density at radius 2 is 1.67 bits per heavy atom. The molecule has 4 heteroatoms. The van der Waals surface area contributed by atoms with Gasteiger partial charge in [-0.3, -0.25) is 9.59 Å². The first-order valence-electron chi connectivity index (χ1n) is 7.28. The van der Waals surface area contributed by atoms with Crippen LogP contribution in [0.5, 0.6) is 0 Å². The van der Waals surface area contributed by atoms with Crippen LogP contribution in [0, 0.1) is 0 Å². The first kappa shape index (κ1) is 13.6. The van der Waals surface area contributed by atoms with Gasteiger partial charge < -0.3 is 9.47 Å². The van der Waals surface area contributed by atoms with Gasteiger partial charge in [-0.05, 0) is 25.0 Å². The highest BCUT2D eigenvalue weighted by Crippen LogP contribution is 2.13. The second kappa shape index (κ2) is 5.95. The van der Waals surface area contributed by atoms with Crippen molar-refractivity contribution in [1.29, 1.82) is 0 Å². The van der Waals surface area contributed by atoms with Crippen LogP contribution in [0.4, 0.5) is 0 Å². The fourth-order valence-electron chi connectivity index (χ4n) is 2.71. The minimum Gasteiger partial charge on any atom is -0.341 e. The van der Waals surface area contributed by atoms with Crippen molar-refractivity contribution in [2.45, 2.75) is 19.4 Å².